The molecule has 0 amide bonds. The molecule has 1 aromatic rings. The lowest BCUT2D eigenvalue weighted by atomic mass is 10.0. The van der Waals surface area contributed by atoms with Gasteiger partial charge in [0.1, 0.15) is 5.94 Å². The van der Waals surface area contributed by atoms with Gasteiger partial charge >= 0.3 is 5.97 Å². The van der Waals surface area contributed by atoms with Crippen molar-refractivity contribution < 1.29 is 19.4 Å². The molecule has 0 heterocycles. The predicted molar refractivity (Wildman–Crippen MR) is 58.6 cm³/mol. The molecule has 0 aromatic heterocycles. The van der Waals surface area contributed by atoms with Gasteiger partial charge in [0.25, 0.3) is 0 Å². The fraction of sp³-hybridized carbons (Fsp3) is 0.250. The minimum absolute atomic E-state index is 0.00921. The van der Waals surface area contributed by atoms with Crippen LogP contribution in [0.4, 0.5) is 0 Å². The lowest BCUT2D eigenvalue weighted by molar-refractivity contribution is -0.146. The number of aliphatic carboxylic acids is 1. The number of carbonyl (C=O) groups excluding carboxylic acids is 1. The molecule has 4 heteroatoms. The Bertz CT molecular complexity index is 404. The molecule has 16 heavy (non-hydrogen) atoms. The summed E-state index contributed by atoms with van der Waals surface area (Å²) in [5.74, 6) is 0.455. The van der Waals surface area contributed by atoms with Crippen LogP contribution >= 0.6 is 0 Å². The Balaban J connectivity index is 3.07. The highest BCUT2D eigenvalue weighted by Crippen LogP contribution is 2.17. The molecule has 0 fully saturated rings. The van der Waals surface area contributed by atoms with Gasteiger partial charge in [0.05, 0.1) is 5.57 Å². The summed E-state index contributed by atoms with van der Waals surface area (Å²) in [5.41, 5.74) is 0.522. The molecule has 0 aliphatic heterocycles. The topological polar surface area (TPSA) is 63.6 Å². The molecule has 0 aliphatic rings. The highest BCUT2D eigenvalue weighted by molar-refractivity contribution is 6.00. The van der Waals surface area contributed by atoms with Gasteiger partial charge < -0.3 is 9.84 Å². The maximum atomic E-state index is 10.9. The van der Waals surface area contributed by atoms with E-state index in [4.69, 9.17) is 9.84 Å². The lowest BCUT2D eigenvalue weighted by Gasteiger charge is -2.13. The zero-order chi connectivity index (χ0) is 12.0. The van der Waals surface area contributed by atoms with Crippen molar-refractivity contribution in [2.45, 2.75) is 13.0 Å². The Labute approximate surface area is 93.2 Å². The molecule has 84 valence electrons. The van der Waals surface area contributed by atoms with Crippen molar-refractivity contribution in [2.24, 2.45) is 0 Å². The Morgan fingerprint density at radius 3 is 2.50 bits per heavy atom. The first-order valence-electron chi connectivity index (χ1n) is 4.85. The Morgan fingerprint density at radius 1 is 1.44 bits per heavy atom. The second-order valence-corrected chi connectivity index (χ2v) is 3.06. The predicted octanol–water partition coefficient (Wildman–Crippen LogP) is 1.39. The zero-order valence-corrected chi connectivity index (χ0v) is 8.84. The van der Waals surface area contributed by atoms with Gasteiger partial charge in [-0.05, 0) is 12.5 Å². The third kappa shape index (κ3) is 2.79. The van der Waals surface area contributed by atoms with Crippen LogP contribution in [0.5, 0.6) is 0 Å². The standard InChI is InChI=1S/C12H12O4/c1-2-16-11(12(14)15)10(8-13)9-6-4-3-5-7-9/h3-7,11H,2H2,1H3,(H,14,15). The quantitative estimate of drug-likeness (QED) is 0.761. The van der Waals surface area contributed by atoms with E-state index in [0.29, 0.717) is 5.56 Å². The third-order valence-corrected chi connectivity index (χ3v) is 2.01. The molecule has 1 unspecified atom stereocenters. The smallest absolute Gasteiger partial charge is 0.338 e. The van der Waals surface area contributed by atoms with E-state index in [-0.39, 0.29) is 12.2 Å². The summed E-state index contributed by atoms with van der Waals surface area (Å²) in [7, 11) is 0. The van der Waals surface area contributed by atoms with Crippen LogP contribution in [-0.2, 0) is 14.3 Å². The fourth-order valence-electron chi connectivity index (χ4n) is 1.33. The first kappa shape index (κ1) is 12.2. The summed E-state index contributed by atoms with van der Waals surface area (Å²) in [4.78, 5) is 21.8. The van der Waals surface area contributed by atoms with Crippen molar-refractivity contribution in [2.75, 3.05) is 6.61 Å². The van der Waals surface area contributed by atoms with Gasteiger partial charge in [0.2, 0.25) is 0 Å². The van der Waals surface area contributed by atoms with E-state index >= 15 is 0 Å². The zero-order valence-electron chi connectivity index (χ0n) is 8.84. The number of hydrogen-bond donors (Lipinski definition) is 1. The van der Waals surface area contributed by atoms with Crippen LogP contribution in [0.15, 0.2) is 30.3 Å². The Hall–Kier alpha value is -1.90. The van der Waals surface area contributed by atoms with E-state index in [1.807, 2.05) is 0 Å². The number of hydrogen-bond acceptors (Lipinski definition) is 3. The van der Waals surface area contributed by atoms with Gasteiger partial charge in [-0.2, -0.15) is 0 Å². The summed E-state index contributed by atoms with van der Waals surface area (Å²) in [5, 5.41) is 8.94. The van der Waals surface area contributed by atoms with Gasteiger partial charge in [-0.25, -0.2) is 9.59 Å². The van der Waals surface area contributed by atoms with E-state index in [1.165, 1.54) is 0 Å². The molecule has 4 nitrogen and oxygen atoms in total. The number of benzene rings is 1. The molecule has 0 aliphatic carbocycles. The van der Waals surface area contributed by atoms with Crippen molar-refractivity contribution in [3.05, 3.63) is 35.9 Å². The van der Waals surface area contributed by atoms with Crippen LogP contribution in [0.25, 0.3) is 5.57 Å². The van der Waals surface area contributed by atoms with Crippen LogP contribution < -0.4 is 0 Å². The van der Waals surface area contributed by atoms with E-state index in [2.05, 4.69) is 0 Å². The highest BCUT2D eigenvalue weighted by atomic mass is 16.5. The van der Waals surface area contributed by atoms with Gasteiger partial charge in [0.15, 0.2) is 6.10 Å². The molecule has 0 bridgehead atoms. The maximum Gasteiger partial charge on any atom is 0.338 e. The summed E-state index contributed by atoms with van der Waals surface area (Å²) < 4.78 is 5.01. The first-order chi connectivity index (χ1) is 7.70. The van der Waals surface area contributed by atoms with Crippen LogP contribution in [0.3, 0.4) is 0 Å². The molecule has 1 N–H and O–H groups in total. The minimum Gasteiger partial charge on any atom is -0.479 e. The normalized spacial score (nSPS) is 11.6. The first-order valence-corrected chi connectivity index (χ1v) is 4.85. The van der Waals surface area contributed by atoms with E-state index in [0.717, 1.165) is 0 Å². The van der Waals surface area contributed by atoms with Crippen molar-refractivity contribution in [1.29, 1.82) is 0 Å². The lowest BCUT2D eigenvalue weighted by Crippen LogP contribution is -2.25. The van der Waals surface area contributed by atoms with Gasteiger partial charge in [0, 0.05) is 6.61 Å². The van der Waals surface area contributed by atoms with Crippen LogP contribution in [0, 0.1) is 0 Å². The van der Waals surface area contributed by atoms with Crippen LogP contribution in [0.1, 0.15) is 12.5 Å². The number of carboxylic acids is 1. The van der Waals surface area contributed by atoms with Crippen molar-refractivity contribution in [3.63, 3.8) is 0 Å². The largest absolute Gasteiger partial charge is 0.479 e. The number of rotatable bonds is 5. The number of carboxylic acid groups (broad SMARTS) is 1. The van der Waals surface area contributed by atoms with Crippen LogP contribution in [0.2, 0.25) is 0 Å². The summed E-state index contributed by atoms with van der Waals surface area (Å²) >= 11 is 0. The van der Waals surface area contributed by atoms with Gasteiger partial charge in [-0.3, -0.25) is 0 Å². The monoisotopic (exact) mass is 220 g/mol. The van der Waals surface area contributed by atoms with E-state index in [1.54, 1.807) is 43.2 Å². The average Bonchev–Trinajstić information content (AvgIpc) is 2.30. The van der Waals surface area contributed by atoms with Crippen molar-refractivity contribution in [3.8, 4) is 0 Å². The second-order valence-electron chi connectivity index (χ2n) is 3.06. The fourth-order valence-corrected chi connectivity index (χ4v) is 1.33. The Morgan fingerprint density at radius 2 is 2.06 bits per heavy atom. The van der Waals surface area contributed by atoms with Gasteiger partial charge in [-0.1, -0.05) is 30.3 Å². The molecule has 0 radical (unpaired) electrons. The second kappa shape index (κ2) is 5.85. The minimum atomic E-state index is -1.26. The molecule has 0 saturated carbocycles. The average molecular weight is 220 g/mol. The summed E-state index contributed by atoms with van der Waals surface area (Å²) in [6.07, 6.45) is -1.26. The molecule has 1 aromatic carbocycles. The van der Waals surface area contributed by atoms with E-state index in [9.17, 15) is 9.59 Å². The van der Waals surface area contributed by atoms with Crippen molar-refractivity contribution in [1.82, 2.24) is 0 Å². The third-order valence-electron chi connectivity index (χ3n) is 2.01. The van der Waals surface area contributed by atoms with E-state index < -0.39 is 12.1 Å². The van der Waals surface area contributed by atoms with Gasteiger partial charge in [-0.15, -0.1) is 0 Å². The number of carbonyl (C=O) groups is 1. The highest BCUT2D eigenvalue weighted by Gasteiger charge is 2.24. The molecule has 0 saturated heterocycles. The maximum absolute atomic E-state index is 10.9. The SMILES string of the molecule is CCOC(C(=O)O)C(=C=O)c1ccccc1. The molecule has 1 rings (SSSR count). The summed E-state index contributed by atoms with van der Waals surface area (Å²) in [6.45, 7) is 1.89. The molecule has 0 spiro atoms. The summed E-state index contributed by atoms with van der Waals surface area (Å²) in [6, 6.07) is 8.52. The molecular formula is C12H12O4. The van der Waals surface area contributed by atoms with Crippen LogP contribution in [-0.4, -0.2) is 29.7 Å². The Kier molecular flexibility index (Phi) is 4.45. The number of ether oxygens (including phenoxy) is 1. The molecule has 1 atom stereocenters. The van der Waals surface area contributed by atoms with Crippen molar-refractivity contribution >= 4 is 17.5 Å². The molecular weight excluding hydrogens is 208 g/mol.